The molecule has 40 heavy (non-hydrogen) atoms. The third-order valence-electron chi connectivity index (χ3n) is 6.80. The normalized spacial score (nSPS) is 12.2. The van der Waals surface area contributed by atoms with Crippen LogP contribution in [0.3, 0.4) is 0 Å². The van der Waals surface area contributed by atoms with Crippen molar-refractivity contribution in [2.45, 2.75) is 13.0 Å². The molecule has 11 heteroatoms. The second kappa shape index (κ2) is 9.45. The second-order valence-corrected chi connectivity index (χ2v) is 9.17. The second-order valence-electron chi connectivity index (χ2n) is 9.17. The first kappa shape index (κ1) is 25.0. The van der Waals surface area contributed by atoms with Crippen LogP contribution in [0.4, 0.5) is 20.3 Å². The van der Waals surface area contributed by atoms with E-state index >= 15 is 0 Å². The molecule has 0 aliphatic rings. The fourth-order valence-corrected chi connectivity index (χ4v) is 4.86. The summed E-state index contributed by atoms with van der Waals surface area (Å²) in [4.78, 5) is 22.3. The van der Waals surface area contributed by atoms with Gasteiger partial charge in [-0.05, 0) is 55.0 Å². The molecule has 3 aromatic carbocycles. The molecule has 0 aliphatic carbocycles. The molecule has 1 unspecified atom stereocenters. The zero-order valence-corrected chi connectivity index (χ0v) is 21.4. The number of anilines is 2. The molecule has 0 amide bonds. The van der Waals surface area contributed by atoms with Gasteiger partial charge in [0.15, 0.2) is 5.65 Å². The molecule has 3 heterocycles. The Labute approximate surface area is 225 Å². The molecule has 0 spiro atoms. The van der Waals surface area contributed by atoms with E-state index in [2.05, 4.69) is 9.97 Å². The Balaban J connectivity index is 1.63. The van der Waals surface area contributed by atoms with Crippen LogP contribution in [-0.2, 0) is 0 Å². The maximum Gasteiger partial charge on any atom is 0.203 e. The molecule has 9 nitrogen and oxygen atoms in total. The van der Waals surface area contributed by atoms with Crippen LogP contribution in [0.5, 0.6) is 5.75 Å². The summed E-state index contributed by atoms with van der Waals surface area (Å²) < 4.78 is 41.6. The molecule has 200 valence electrons. The van der Waals surface area contributed by atoms with Crippen molar-refractivity contribution in [1.29, 1.82) is 0 Å². The van der Waals surface area contributed by atoms with Gasteiger partial charge < -0.3 is 20.6 Å². The van der Waals surface area contributed by atoms with Crippen molar-refractivity contribution in [2.24, 2.45) is 0 Å². The van der Waals surface area contributed by atoms with Gasteiger partial charge in [0.1, 0.15) is 58.0 Å². The first-order valence-electron chi connectivity index (χ1n) is 12.2. The molecule has 1 atom stereocenters. The molecule has 0 aliphatic heterocycles. The number of fused-ring (bicyclic) bond motifs is 2. The summed E-state index contributed by atoms with van der Waals surface area (Å²) in [5, 5.41) is 5.08. The molecule has 0 radical (unpaired) electrons. The quantitative estimate of drug-likeness (QED) is 0.280. The Morgan fingerprint density at radius 3 is 2.45 bits per heavy atom. The van der Waals surface area contributed by atoms with E-state index in [0.29, 0.717) is 39.3 Å². The van der Waals surface area contributed by atoms with Gasteiger partial charge in [0.05, 0.1) is 23.7 Å². The molecule has 0 fully saturated rings. The zero-order valence-electron chi connectivity index (χ0n) is 21.4. The Morgan fingerprint density at radius 1 is 0.975 bits per heavy atom. The summed E-state index contributed by atoms with van der Waals surface area (Å²) in [6, 6.07) is 13.9. The molecule has 6 rings (SSSR count). The Morgan fingerprint density at radius 2 is 1.73 bits per heavy atom. The van der Waals surface area contributed by atoms with Crippen LogP contribution >= 0.6 is 0 Å². The highest BCUT2D eigenvalue weighted by molar-refractivity contribution is 5.99. The Kier molecular flexibility index (Phi) is 5.91. The fourth-order valence-electron chi connectivity index (χ4n) is 4.86. The minimum Gasteiger partial charge on any atom is -0.495 e. The van der Waals surface area contributed by atoms with Crippen molar-refractivity contribution in [1.82, 2.24) is 19.7 Å². The van der Waals surface area contributed by atoms with E-state index < -0.39 is 23.1 Å². The topological polar surface area (TPSA) is 135 Å². The first-order chi connectivity index (χ1) is 19.3. The van der Waals surface area contributed by atoms with Gasteiger partial charge >= 0.3 is 0 Å². The van der Waals surface area contributed by atoms with Gasteiger partial charge in [-0.3, -0.25) is 4.79 Å². The van der Waals surface area contributed by atoms with Crippen LogP contribution < -0.4 is 21.6 Å². The Bertz CT molecular complexity index is 1990. The predicted molar refractivity (Wildman–Crippen MR) is 148 cm³/mol. The van der Waals surface area contributed by atoms with Crippen molar-refractivity contribution in [2.75, 3.05) is 18.6 Å². The van der Waals surface area contributed by atoms with E-state index in [1.807, 2.05) is 0 Å². The fraction of sp³-hybridized carbons (Fsp3) is 0.103. The lowest BCUT2D eigenvalue weighted by Gasteiger charge is -2.17. The smallest absolute Gasteiger partial charge is 0.203 e. The van der Waals surface area contributed by atoms with Crippen LogP contribution in [0.2, 0.25) is 0 Å². The number of nitrogens with two attached hydrogens (primary N) is 2. The SMILES string of the molecule is COc1ccc(-c2nn(C(C)c3oc4cccc(F)c4c(=O)c3-c3ccc(F)cc3)c3ncnc(N)c23)cc1N. The lowest BCUT2D eigenvalue weighted by Crippen LogP contribution is -2.17. The summed E-state index contributed by atoms with van der Waals surface area (Å²) in [7, 11) is 1.52. The highest BCUT2D eigenvalue weighted by atomic mass is 19.1. The Hall–Kier alpha value is -5.32. The van der Waals surface area contributed by atoms with Crippen LogP contribution in [0.25, 0.3) is 44.4 Å². The van der Waals surface area contributed by atoms with Gasteiger partial charge in [0.2, 0.25) is 5.43 Å². The number of methoxy groups -OCH3 is 1. The highest BCUT2D eigenvalue weighted by Gasteiger charge is 2.28. The predicted octanol–water partition coefficient (Wildman–Crippen LogP) is 5.33. The highest BCUT2D eigenvalue weighted by Crippen LogP contribution is 2.37. The number of nitrogen functional groups attached to an aromatic ring is 2. The number of nitrogens with zero attached hydrogens (tertiary/aromatic N) is 4. The van der Waals surface area contributed by atoms with Gasteiger partial charge in [0.25, 0.3) is 0 Å². The van der Waals surface area contributed by atoms with Crippen molar-refractivity contribution in [3.8, 4) is 28.1 Å². The molecule has 6 aromatic rings. The summed E-state index contributed by atoms with van der Waals surface area (Å²) >= 11 is 0. The molecule has 0 saturated heterocycles. The third kappa shape index (κ3) is 3.90. The monoisotopic (exact) mass is 540 g/mol. The van der Waals surface area contributed by atoms with Gasteiger partial charge in [-0.25, -0.2) is 23.4 Å². The molecule has 0 saturated carbocycles. The molecular formula is C29H22F2N6O3. The number of halogens is 2. The maximum atomic E-state index is 14.8. The first-order valence-corrected chi connectivity index (χ1v) is 12.2. The lowest BCUT2D eigenvalue weighted by atomic mass is 9.99. The van der Waals surface area contributed by atoms with Gasteiger partial charge in [-0.15, -0.1) is 0 Å². The van der Waals surface area contributed by atoms with Crippen LogP contribution in [0, 0.1) is 11.6 Å². The van der Waals surface area contributed by atoms with E-state index in [1.165, 1.54) is 55.9 Å². The minimum atomic E-state index is -0.749. The van der Waals surface area contributed by atoms with Crippen LogP contribution in [0.15, 0.2) is 76.2 Å². The van der Waals surface area contributed by atoms with E-state index in [4.69, 9.17) is 25.7 Å². The van der Waals surface area contributed by atoms with Gasteiger partial charge in [-0.1, -0.05) is 18.2 Å². The molecular weight excluding hydrogens is 518 g/mol. The maximum absolute atomic E-state index is 14.8. The van der Waals surface area contributed by atoms with Crippen molar-refractivity contribution in [3.63, 3.8) is 0 Å². The average molecular weight is 541 g/mol. The van der Waals surface area contributed by atoms with Crippen LogP contribution in [0.1, 0.15) is 18.7 Å². The third-order valence-corrected chi connectivity index (χ3v) is 6.80. The number of hydrogen-bond acceptors (Lipinski definition) is 8. The zero-order chi connectivity index (χ0) is 28.1. The standard InChI is InChI=1S/C29H22F2N6O3/c1-14(27-22(15-6-9-17(30)10-7-15)26(38)23-18(31)4-3-5-21(23)40-27)37-29-24(28(33)34-13-35-29)25(36-37)16-8-11-20(39-2)19(32)12-16/h3-14H,32H2,1-2H3,(H2,33,34,35). The van der Waals surface area contributed by atoms with E-state index in [0.717, 1.165) is 0 Å². The van der Waals surface area contributed by atoms with E-state index in [-0.39, 0.29) is 28.1 Å². The number of aromatic nitrogens is 4. The molecule has 0 bridgehead atoms. The molecule has 3 aromatic heterocycles. The number of ether oxygens (including phenoxy) is 1. The summed E-state index contributed by atoms with van der Waals surface area (Å²) in [5.74, 6) is -0.341. The number of hydrogen-bond donors (Lipinski definition) is 2. The van der Waals surface area contributed by atoms with E-state index in [1.54, 1.807) is 29.8 Å². The lowest BCUT2D eigenvalue weighted by molar-refractivity contribution is 0.417. The molecule has 4 N–H and O–H groups in total. The largest absolute Gasteiger partial charge is 0.495 e. The average Bonchev–Trinajstić information content (AvgIpc) is 3.34. The van der Waals surface area contributed by atoms with E-state index in [9.17, 15) is 13.6 Å². The number of rotatable bonds is 5. The van der Waals surface area contributed by atoms with Gasteiger partial charge in [0, 0.05) is 5.56 Å². The summed E-state index contributed by atoms with van der Waals surface area (Å²) in [6.45, 7) is 1.76. The van der Waals surface area contributed by atoms with Crippen LogP contribution in [-0.4, -0.2) is 26.9 Å². The van der Waals surface area contributed by atoms with Gasteiger partial charge in [-0.2, -0.15) is 5.10 Å². The van der Waals surface area contributed by atoms with Crippen molar-refractivity contribution in [3.05, 3.63) is 94.6 Å². The summed E-state index contributed by atoms with van der Waals surface area (Å²) in [5.41, 5.74) is 14.2. The summed E-state index contributed by atoms with van der Waals surface area (Å²) in [6.07, 6.45) is 1.31. The van der Waals surface area contributed by atoms with Crippen molar-refractivity contribution >= 4 is 33.5 Å². The van der Waals surface area contributed by atoms with Crippen molar-refractivity contribution < 1.29 is 17.9 Å². The number of benzene rings is 3. The minimum absolute atomic E-state index is 0.0615.